The Balaban J connectivity index is 1.95. The van der Waals surface area contributed by atoms with Gasteiger partial charge in [-0.2, -0.15) is 0 Å². The molecule has 0 aromatic heterocycles. The summed E-state index contributed by atoms with van der Waals surface area (Å²) >= 11 is 0. The summed E-state index contributed by atoms with van der Waals surface area (Å²) in [5.41, 5.74) is 0.676. The van der Waals surface area contributed by atoms with Gasteiger partial charge in [0.05, 0.1) is 11.6 Å². The Morgan fingerprint density at radius 2 is 2.00 bits per heavy atom. The summed E-state index contributed by atoms with van der Waals surface area (Å²) < 4.78 is 6.10. The largest absolute Gasteiger partial charge is 0.486 e. The molecule has 1 aromatic rings. The number of benzene rings is 1. The Kier molecular flexibility index (Phi) is 2.97. The zero-order valence-corrected chi connectivity index (χ0v) is 11.7. The molecule has 19 heavy (non-hydrogen) atoms. The maximum Gasteiger partial charge on any atom is 0.257 e. The summed E-state index contributed by atoms with van der Waals surface area (Å²) in [7, 11) is 1.88. The van der Waals surface area contributed by atoms with Crippen LogP contribution in [0, 0.1) is 0 Å². The van der Waals surface area contributed by atoms with E-state index >= 15 is 0 Å². The van der Waals surface area contributed by atoms with Gasteiger partial charge in [0.25, 0.3) is 5.91 Å². The maximum atomic E-state index is 12.5. The van der Waals surface area contributed by atoms with Crippen LogP contribution >= 0.6 is 0 Å². The predicted octanol–water partition coefficient (Wildman–Crippen LogP) is 1.61. The van der Waals surface area contributed by atoms with Crippen LogP contribution < -0.4 is 4.74 Å². The molecule has 1 amide bonds. The van der Waals surface area contributed by atoms with Gasteiger partial charge in [-0.1, -0.05) is 12.1 Å². The summed E-state index contributed by atoms with van der Waals surface area (Å²) in [6.07, 6.45) is 0.0694. The van der Waals surface area contributed by atoms with Gasteiger partial charge in [0.15, 0.2) is 0 Å². The summed E-state index contributed by atoms with van der Waals surface area (Å²) in [5.74, 6) is 0.783. The van der Waals surface area contributed by atoms with Crippen molar-refractivity contribution in [1.82, 2.24) is 9.80 Å². The van der Waals surface area contributed by atoms with Gasteiger partial charge in [0.2, 0.25) is 0 Å². The molecule has 2 heterocycles. The lowest BCUT2D eigenvalue weighted by Gasteiger charge is -2.25. The summed E-state index contributed by atoms with van der Waals surface area (Å²) in [5, 5.41) is 0. The minimum Gasteiger partial charge on any atom is -0.486 e. The van der Waals surface area contributed by atoms with E-state index in [1.807, 2.05) is 36.2 Å². The number of ether oxygens (including phenoxy) is 1. The van der Waals surface area contributed by atoms with Crippen molar-refractivity contribution >= 4 is 5.91 Å². The van der Waals surface area contributed by atoms with Gasteiger partial charge in [-0.05, 0) is 26.0 Å². The number of para-hydroxylation sites is 1. The lowest BCUT2D eigenvalue weighted by atomic mass is 10.1. The number of hydrogen-bond acceptors (Lipinski definition) is 3. The molecule has 1 aromatic carbocycles. The maximum absolute atomic E-state index is 12.5. The first-order chi connectivity index (χ1) is 9.08. The monoisotopic (exact) mass is 260 g/mol. The van der Waals surface area contributed by atoms with Gasteiger partial charge < -0.3 is 9.64 Å². The number of carbonyl (C=O) groups excluding carboxylic acids is 1. The zero-order valence-electron chi connectivity index (χ0n) is 11.7. The van der Waals surface area contributed by atoms with Gasteiger partial charge in [-0.3, -0.25) is 9.69 Å². The van der Waals surface area contributed by atoms with Crippen LogP contribution in [0.15, 0.2) is 24.3 Å². The number of carbonyl (C=O) groups is 1. The van der Waals surface area contributed by atoms with Crippen molar-refractivity contribution in [2.45, 2.75) is 32.0 Å². The number of rotatable bonds is 1. The molecule has 2 aliphatic rings. The molecule has 0 unspecified atom stereocenters. The normalized spacial score (nSPS) is 26.9. The zero-order chi connectivity index (χ0) is 13.6. The molecule has 0 N–H and O–H groups in total. The van der Waals surface area contributed by atoms with E-state index in [2.05, 4.69) is 18.7 Å². The SMILES string of the molecule is CC(C)N1C[C@@H]2Oc3ccccc3C(=O)N(C)[C@@H]2C1. The van der Waals surface area contributed by atoms with Crippen LogP contribution in [-0.4, -0.2) is 54.0 Å². The van der Waals surface area contributed by atoms with Crippen molar-refractivity contribution < 1.29 is 9.53 Å². The molecule has 0 saturated carbocycles. The van der Waals surface area contributed by atoms with E-state index in [-0.39, 0.29) is 18.1 Å². The standard InChI is InChI=1S/C15H20N2O2/c1-10(2)17-8-12-14(9-17)19-13-7-5-4-6-11(13)15(18)16(12)3/h4-7,10,12,14H,8-9H2,1-3H3/t12-,14+/m1/s1. The molecule has 1 fully saturated rings. The van der Waals surface area contributed by atoms with Crippen LogP contribution in [-0.2, 0) is 0 Å². The van der Waals surface area contributed by atoms with Crippen molar-refractivity contribution in [3.8, 4) is 5.75 Å². The molecule has 0 spiro atoms. The molecular weight excluding hydrogens is 240 g/mol. The van der Waals surface area contributed by atoms with Crippen molar-refractivity contribution in [1.29, 1.82) is 0 Å². The Bertz CT molecular complexity index is 501. The molecule has 2 aliphatic heterocycles. The molecule has 2 atom stereocenters. The lowest BCUT2D eigenvalue weighted by Crippen LogP contribution is -2.44. The summed E-state index contributed by atoms with van der Waals surface area (Å²) in [6, 6.07) is 8.16. The number of likely N-dealkylation sites (tertiary alicyclic amines) is 1. The highest BCUT2D eigenvalue weighted by molar-refractivity contribution is 5.97. The second-order valence-electron chi connectivity index (χ2n) is 5.68. The van der Waals surface area contributed by atoms with E-state index in [4.69, 9.17) is 4.74 Å². The lowest BCUT2D eigenvalue weighted by molar-refractivity contribution is 0.0681. The van der Waals surface area contributed by atoms with E-state index in [1.54, 1.807) is 0 Å². The smallest absolute Gasteiger partial charge is 0.257 e. The van der Waals surface area contributed by atoms with E-state index < -0.39 is 0 Å². The van der Waals surface area contributed by atoms with Crippen molar-refractivity contribution in [2.75, 3.05) is 20.1 Å². The first-order valence-electron chi connectivity index (χ1n) is 6.85. The minimum atomic E-state index is 0.0636. The highest BCUT2D eigenvalue weighted by Gasteiger charge is 2.42. The highest BCUT2D eigenvalue weighted by Crippen LogP contribution is 2.30. The average molecular weight is 260 g/mol. The fourth-order valence-electron chi connectivity index (χ4n) is 2.94. The fourth-order valence-corrected chi connectivity index (χ4v) is 2.94. The second-order valence-corrected chi connectivity index (χ2v) is 5.68. The van der Waals surface area contributed by atoms with E-state index in [0.29, 0.717) is 11.6 Å². The van der Waals surface area contributed by atoms with Crippen molar-refractivity contribution in [3.63, 3.8) is 0 Å². The van der Waals surface area contributed by atoms with Crippen LogP contribution in [0.3, 0.4) is 0 Å². The minimum absolute atomic E-state index is 0.0636. The van der Waals surface area contributed by atoms with Gasteiger partial charge in [0.1, 0.15) is 11.9 Å². The molecule has 1 saturated heterocycles. The number of fused-ring (bicyclic) bond motifs is 2. The highest BCUT2D eigenvalue weighted by atomic mass is 16.5. The van der Waals surface area contributed by atoms with Crippen molar-refractivity contribution in [3.05, 3.63) is 29.8 Å². The molecule has 3 rings (SSSR count). The number of likely N-dealkylation sites (N-methyl/N-ethyl adjacent to an activating group) is 1. The fraction of sp³-hybridized carbons (Fsp3) is 0.533. The summed E-state index contributed by atoms with van der Waals surface area (Å²) in [4.78, 5) is 16.7. The Hall–Kier alpha value is -1.55. The molecule has 102 valence electrons. The van der Waals surface area contributed by atoms with E-state index in [1.165, 1.54) is 0 Å². The van der Waals surface area contributed by atoms with Gasteiger partial charge in [0, 0.05) is 26.2 Å². The molecule has 0 radical (unpaired) electrons. The quantitative estimate of drug-likeness (QED) is 0.769. The number of amides is 1. The molecular formula is C15H20N2O2. The van der Waals surface area contributed by atoms with Gasteiger partial charge in [-0.25, -0.2) is 0 Å². The molecule has 0 bridgehead atoms. The van der Waals surface area contributed by atoms with Crippen LogP contribution in [0.5, 0.6) is 5.75 Å². The topological polar surface area (TPSA) is 32.8 Å². The van der Waals surface area contributed by atoms with Crippen LogP contribution in [0.1, 0.15) is 24.2 Å². The molecule has 4 heteroatoms. The third-order valence-corrected chi connectivity index (χ3v) is 4.21. The number of nitrogens with zero attached hydrogens (tertiary/aromatic N) is 2. The molecule has 0 aliphatic carbocycles. The molecule has 4 nitrogen and oxygen atoms in total. The van der Waals surface area contributed by atoms with Gasteiger partial charge >= 0.3 is 0 Å². The van der Waals surface area contributed by atoms with E-state index in [0.717, 1.165) is 18.8 Å². The third kappa shape index (κ3) is 2.00. The Labute approximate surface area is 113 Å². The van der Waals surface area contributed by atoms with Crippen LogP contribution in [0.4, 0.5) is 0 Å². The first kappa shape index (κ1) is 12.5. The summed E-state index contributed by atoms with van der Waals surface area (Å²) in [6.45, 7) is 6.13. The van der Waals surface area contributed by atoms with E-state index in [9.17, 15) is 4.79 Å². The van der Waals surface area contributed by atoms with Crippen molar-refractivity contribution in [2.24, 2.45) is 0 Å². The second kappa shape index (κ2) is 4.53. The van der Waals surface area contributed by atoms with Crippen LogP contribution in [0.2, 0.25) is 0 Å². The predicted molar refractivity (Wildman–Crippen MR) is 73.4 cm³/mol. The average Bonchev–Trinajstić information content (AvgIpc) is 2.78. The third-order valence-electron chi connectivity index (χ3n) is 4.21. The Morgan fingerprint density at radius 1 is 1.26 bits per heavy atom. The Morgan fingerprint density at radius 3 is 2.74 bits per heavy atom. The van der Waals surface area contributed by atoms with Gasteiger partial charge in [-0.15, -0.1) is 0 Å². The number of hydrogen-bond donors (Lipinski definition) is 0. The van der Waals surface area contributed by atoms with Crippen LogP contribution in [0.25, 0.3) is 0 Å². The first-order valence-corrected chi connectivity index (χ1v) is 6.85.